The third-order valence-corrected chi connectivity index (χ3v) is 6.47. The van der Waals surface area contributed by atoms with E-state index in [0.29, 0.717) is 22.9 Å². The van der Waals surface area contributed by atoms with Gasteiger partial charge in [0.25, 0.3) is 5.91 Å². The standard InChI is InChI=1S/C24H30N6O2/c1-16-22-19(24(31)26-18-8-11-29(12-9-18)13-14-32-2)15-20(17-6-7-17)27-23(22)30(28-16)21-5-3-4-10-25-21/h3-5,10,15,17-18H,6-9,11-14H2,1-2H3,(H,26,31). The number of aryl methyl sites for hydroxylation is 1. The molecule has 0 spiro atoms. The van der Waals surface area contributed by atoms with E-state index in [2.05, 4.69) is 15.2 Å². The molecule has 0 unspecified atom stereocenters. The van der Waals surface area contributed by atoms with Gasteiger partial charge in [0.2, 0.25) is 0 Å². The molecule has 1 saturated heterocycles. The summed E-state index contributed by atoms with van der Waals surface area (Å²) in [6.07, 6.45) is 5.89. The summed E-state index contributed by atoms with van der Waals surface area (Å²) in [5, 5.41) is 8.81. The predicted octanol–water partition coefficient (Wildman–Crippen LogP) is 2.84. The van der Waals surface area contributed by atoms with E-state index < -0.39 is 0 Å². The average Bonchev–Trinajstić information content (AvgIpc) is 3.62. The Morgan fingerprint density at radius 2 is 2.03 bits per heavy atom. The molecule has 32 heavy (non-hydrogen) atoms. The largest absolute Gasteiger partial charge is 0.383 e. The van der Waals surface area contributed by atoms with Crippen LogP contribution in [0.5, 0.6) is 0 Å². The fraction of sp³-hybridized carbons (Fsp3) is 0.500. The van der Waals surface area contributed by atoms with Gasteiger partial charge in [0, 0.05) is 50.6 Å². The Morgan fingerprint density at radius 1 is 1.22 bits per heavy atom. The molecule has 3 aromatic rings. The summed E-state index contributed by atoms with van der Waals surface area (Å²) < 4.78 is 6.95. The van der Waals surface area contributed by atoms with Crippen LogP contribution in [-0.4, -0.2) is 69.9 Å². The van der Waals surface area contributed by atoms with Crippen molar-refractivity contribution in [3.8, 4) is 5.82 Å². The topological polar surface area (TPSA) is 85.2 Å². The zero-order valence-electron chi connectivity index (χ0n) is 18.8. The first-order valence-corrected chi connectivity index (χ1v) is 11.5. The van der Waals surface area contributed by atoms with E-state index >= 15 is 0 Å². The monoisotopic (exact) mass is 434 g/mol. The average molecular weight is 435 g/mol. The number of aromatic nitrogens is 4. The second-order valence-corrected chi connectivity index (χ2v) is 8.83. The smallest absolute Gasteiger partial charge is 0.252 e. The van der Waals surface area contributed by atoms with E-state index in [-0.39, 0.29) is 11.9 Å². The maximum atomic E-state index is 13.4. The Bertz CT molecular complexity index is 1100. The van der Waals surface area contributed by atoms with E-state index in [1.54, 1.807) is 18.0 Å². The van der Waals surface area contributed by atoms with Crippen molar-refractivity contribution in [2.45, 2.75) is 44.6 Å². The molecule has 1 aliphatic carbocycles. The lowest BCUT2D eigenvalue weighted by atomic mass is 10.0. The van der Waals surface area contributed by atoms with Crippen molar-refractivity contribution in [2.24, 2.45) is 0 Å². The molecular formula is C24H30N6O2. The zero-order chi connectivity index (χ0) is 22.1. The molecule has 3 aromatic heterocycles. The van der Waals surface area contributed by atoms with E-state index in [1.165, 1.54) is 0 Å². The van der Waals surface area contributed by atoms with Gasteiger partial charge in [-0.3, -0.25) is 4.79 Å². The van der Waals surface area contributed by atoms with Crippen LogP contribution in [0.15, 0.2) is 30.5 Å². The number of carbonyl (C=O) groups is 1. The molecule has 2 fully saturated rings. The number of amides is 1. The lowest BCUT2D eigenvalue weighted by molar-refractivity contribution is 0.0894. The van der Waals surface area contributed by atoms with Crippen LogP contribution in [0.4, 0.5) is 0 Å². The van der Waals surface area contributed by atoms with Gasteiger partial charge in [0.05, 0.1) is 23.3 Å². The first-order valence-electron chi connectivity index (χ1n) is 11.5. The lowest BCUT2D eigenvalue weighted by Crippen LogP contribution is -2.45. The molecule has 0 bridgehead atoms. The van der Waals surface area contributed by atoms with Crippen molar-refractivity contribution in [1.29, 1.82) is 0 Å². The van der Waals surface area contributed by atoms with Crippen LogP contribution in [0.25, 0.3) is 16.9 Å². The highest BCUT2D eigenvalue weighted by atomic mass is 16.5. The van der Waals surface area contributed by atoms with Crippen molar-refractivity contribution in [2.75, 3.05) is 33.4 Å². The fourth-order valence-electron chi connectivity index (χ4n) is 4.50. The Kier molecular flexibility index (Phi) is 5.89. The van der Waals surface area contributed by atoms with Crippen molar-refractivity contribution in [3.05, 3.63) is 47.4 Å². The van der Waals surface area contributed by atoms with E-state index in [1.807, 2.05) is 31.2 Å². The zero-order valence-corrected chi connectivity index (χ0v) is 18.8. The minimum Gasteiger partial charge on any atom is -0.383 e. The van der Waals surface area contributed by atoms with Crippen molar-refractivity contribution in [3.63, 3.8) is 0 Å². The van der Waals surface area contributed by atoms with Crippen LogP contribution in [0.2, 0.25) is 0 Å². The molecule has 2 aliphatic rings. The van der Waals surface area contributed by atoms with Crippen LogP contribution < -0.4 is 5.32 Å². The van der Waals surface area contributed by atoms with Crippen LogP contribution in [0, 0.1) is 6.92 Å². The number of carbonyl (C=O) groups excluding carboxylic acids is 1. The SMILES string of the molecule is COCCN1CCC(NC(=O)c2cc(C3CC3)nc3c2c(C)nn3-c2ccccn2)CC1. The van der Waals surface area contributed by atoms with Gasteiger partial charge in [-0.2, -0.15) is 9.78 Å². The summed E-state index contributed by atoms with van der Waals surface area (Å²) in [5.74, 6) is 1.11. The highest BCUT2D eigenvalue weighted by Crippen LogP contribution is 2.40. The molecular weight excluding hydrogens is 404 g/mol. The summed E-state index contributed by atoms with van der Waals surface area (Å²) in [6.45, 7) is 5.58. The van der Waals surface area contributed by atoms with Crippen LogP contribution in [-0.2, 0) is 4.74 Å². The van der Waals surface area contributed by atoms with Crippen molar-refractivity contribution >= 4 is 16.9 Å². The molecule has 8 nitrogen and oxygen atoms in total. The first kappa shape index (κ1) is 21.0. The molecule has 4 heterocycles. The summed E-state index contributed by atoms with van der Waals surface area (Å²) in [4.78, 5) is 25.2. The summed E-state index contributed by atoms with van der Waals surface area (Å²) in [6, 6.07) is 7.89. The molecule has 1 saturated carbocycles. The summed E-state index contributed by atoms with van der Waals surface area (Å²) >= 11 is 0. The summed E-state index contributed by atoms with van der Waals surface area (Å²) in [7, 11) is 1.73. The molecule has 1 amide bonds. The van der Waals surface area contributed by atoms with Gasteiger partial charge in [0.15, 0.2) is 11.5 Å². The quantitative estimate of drug-likeness (QED) is 0.616. The maximum absolute atomic E-state index is 13.4. The van der Waals surface area contributed by atoms with Gasteiger partial charge in [-0.25, -0.2) is 9.97 Å². The highest BCUT2D eigenvalue weighted by molar-refractivity contribution is 6.07. The van der Waals surface area contributed by atoms with E-state index in [4.69, 9.17) is 14.8 Å². The maximum Gasteiger partial charge on any atom is 0.252 e. The number of pyridine rings is 2. The number of nitrogens with zero attached hydrogens (tertiary/aromatic N) is 5. The fourth-order valence-corrected chi connectivity index (χ4v) is 4.50. The highest BCUT2D eigenvalue weighted by Gasteiger charge is 2.30. The van der Waals surface area contributed by atoms with Crippen molar-refractivity contribution < 1.29 is 9.53 Å². The number of fused-ring (bicyclic) bond motifs is 1. The molecule has 0 atom stereocenters. The van der Waals surface area contributed by atoms with Gasteiger partial charge in [-0.15, -0.1) is 0 Å². The Labute approximate surface area is 188 Å². The molecule has 1 N–H and O–H groups in total. The molecule has 1 aliphatic heterocycles. The third-order valence-electron chi connectivity index (χ3n) is 6.47. The number of piperidine rings is 1. The first-order chi connectivity index (χ1) is 15.6. The van der Waals surface area contributed by atoms with Gasteiger partial charge in [0.1, 0.15) is 0 Å². The number of ether oxygens (including phenoxy) is 1. The Morgan fingerprint density at radius 3 is 2.72 bits per heavy atom. The minimum atomic E-state index is -0.0293. The number of hydrogen-bond donors (Lipinski definition) is 1. The third kappa shape index (κ3) is 4.25. The van der Waals surface area contributed by atoms with Crippen LogP contribution in [0.1, 0.15) is 53.3 Å². The number of rotatable bonds is 7. The molecule has 0 radical (unpaired) electrons. The van der Waals surface area contributed by atoms with Gasteiger partial charge < -0.3 is 15.0 Å². The minimum absolute atomic E-state index is 0.0293. The lowest BCUT2D eigenvalue weighted by Gasteiger charge is -2.32. The number of likely N-dealkylation sites (tertiary alicyclic amines) is 1. The Hall–Kier alpha value is -2.84. The van der Waals surface area contributed by atoms with Crippen LogP contribution >= 0.6 is 0 Å². The van der Waals surface area contributed by atoms with Gasteiger partial charge >= 0.3 is 0 Å². The number of nitrogens with one attached hydrogen (secondary N) is 1. The molecule has 0 aromatic carbocycles. The van der Waals surface area contributed by atoms with Crippen LogP contribution in [0.3, 0.4) is 0 Å². The van der Waals surface area contributed by atoms with E-state index in [9.17, 15) is 4.79 Å². The van der Waals surface area contributed by atoms with Gasteiger partial charge in [-0.1, -0.05) is 6.07 Å². The normalized spacial score (nSPS) is 17.7. The second-order valence-electron chi connectivity index (χ2n) is 8.83. The molecule has 5 rings (SSSR count). The number of hydrogen-bond acceptors (Lipinski definition) is 6. The summed E-state index contributed by atoms with van der Waals surface area (Å²) in [5.41, 5.74) is 3.16. The predicted molar refractivity (Wildman–Crippen MR) is 122 cm³/mol. The number of methoxy groups -OCH3 is 1. The second kappa shape index (κ2) is 8.96. The van der Waals surface area contributed by atoms with Gasteiger partial charge in [-0.05, 0) is 50.8 Å². The molecule has 168 valence electrons. The molecule has 8 heteroatoms. The van der Waals surface area contributed by atoms with E-state index in [0.717, 1.165) is 68.7 Å². The van der Waals surface area contributed by atoms with Crippen molar-refractivity contribution in [1.82, 2.24) is 30.0 Å². The Balaban J connectivity index is 1.43.